The highest BCUT2D eigenvalue weighted by Gasteiger charge is 2.37. The molecule has 3 aliphatic rings. The van der Waals surface area contributed by atoms with E-state index >= 15 is 0 Å². The molecular formula is C19H26N4O2. The molecule has 2 atom stereocenters. The number of rotatable bonds is 3. The number of carbonyl (C=O) groups is 2. The molecule has 134 valence electrons. The lowest BCUT2D eigenvalue weighted by Crippen LogP contribution is -2.48. The Bertz CT molecular complexity index is 663. The Kier molecular flexibility index (Phi) is 4.51. The fraction of sp³-hybridized carbons (Fsp3) is 0.579. The summed E-state index contributed by atoms with van der Waals surface area (Å²) < 4.78 is 0. The van der Waals surface area contributed by atoms with Crippen LogP contribution in [0.3, 0.4) is 0 Å². The standard InChI is InChI=1S/C19H26N4O2/c24-18-20-10-12-22(18)13-15-5-1-2-8-16(15)21-19(25)23-11-4-7-14-6-3-9-17(14)23/h1-2,5,8,14,17H,3-4,6-7,9-13H2,(H,20,24)(H,21,25)/t14-,17+/m1/s1. The molecule has 0 spiro atoms. The minimum Gasteiger partial charge on any atom is -0.336 e. The quantitative estimate of drug-likeness (QED) is 0.887. The number of nitrogens with zero attached hydrogens (tertiary/aromatic N) is 2. The molecule has 0 aromatic heterocycles. The van der Waals surface area contributed by atoms with Crippen molar-refractivity contribution in [1.82, 2.24) is 15.1 Å². The Morgan fingerprint density at radius 2 is 2.00 bits per heavy atom. The number of benzene rings is 1. The molecule has 25 heavy (non-hydrogen) atoms. The molecule has 2 N–H and O–H groups in total. The molecule has 1 aliphatic carbocycles. The topological polar surface area (TPSA) is 64.7 Å². The van der Waals surface area contributed by atoms with Crippen LogP contribution in [0.2, 0.25) is 0 Å². The molecule has 1 aromatic carbocycles. The van der Waals surface area contributed by atoms with Gasteiger partial charge in [-0.1, -0.05) is 24.6 Å². The molecule has 1 aromatic rings. The van der Waals surface area contributed by atoms with E-state index in [4.69, 9.17) is 0 Å². The zero-order valence-corrected chi connectivity index (χ0v) is 14.5. The van der Waals surface area contributed by atoms with Crippen molar-refractivity contribution in [3.8, 4) is 0 Å². The summed E-state index contributed by atoms with van der Waals surface area (Å²) in [5, 5.41) is 5.93. The van der Waals surface area contributed by atoms with Gasteiger partial charge in [-0.2, -0.15) is 0 Å². The van der Waals surface area contributed by atoms with Gasteiger partial charge in [0.05, 0.1) is 0 Å². The van der Waals surface area contributed by atoms with Crippen molar-refractivity contribution in [1.29, 1.82) is 0 Å². The number of carbonyl (C=O) groups excluding carboxylic acids is 2. The van der Waals surface area contributed by atoms with Gasteiger partial charge >= 0.3 is 12.1 Å². The van der Waals surface area contributed by atoms with Crippen molar-refractivity contribution in [2.24, 2.45) is 5.92 Å². The van der Waals surface area contributed by atoms with Crippen molar-refractivity contribution in [3.63, 3.8) is 0 Å². The maximum atomic E-state index is 12.9. The van der Waals surface area contributed by atoms with Crippen LogP contribution >= 0.6 is 0 Å². The van der Waals surface area contributed by atoms with Gasteiger partial charge in [-0.25, -0.2) is 9.59 Å². The molecule has 6 nitrogen and oxygen atoms in total. The average Bonchev–Trinajstić information content (AvgIpc) is 3.25. The van der Waals surface area contributed by atoms with Crippen LogP contribution in [0.5, 0.6) is 0 Å². The number of hydrogen-bond donors (Lipinski definition) is 2. The summed E-state index contributed by atoms with van der Waals surface area (Å²) in [4.78, 5) is 28.5. The van der Waals surface area contributed by atoms with Gasteiger partial charge in [-0.3, -0.25) is 0 Å². The summed E-state index contributed by atoms with van der Waals surface area (Å²) >= 11 is 0. The summed E-state index contributed by atoms with van der Waals surface area (Å²) in [6.45, 7) is 2.76. The SMILES string of the molecule is O=C1NCCN1Cc1ccccc1NC(=O)N1CCC[C@H]2CCC[C@@H]21. The Morgan fingerprint density at radius 1 is 1.16 bits per heavy atom. The van der Waals surface area contributed by atoms with E-state index in [1.807, 2.05) is 29.2 Å². The van der Waals surface area contributed by atoms with Gasteiger partial charge in [0.15, 0.2) is 0 Å². The van der Waals surface area contributed by atoms with E-state index in [0.717, 1.165) is 30.6 Å². The number of nitrogens with one attached hydrogen (secondary N) is 2. The summed E-state index contributed by atoms with van der Waals surface area (Å²) in [5.74, 6) is 0.683. The van der Waals surface area contributed by atoms with E-state index in [9.17, 15) is 9.59 Å². The van der Waals surface area contributed by atoms with Gasteiger partial charge < -0.3 is 20.4 Å². The Balaban J connectivity index is 1.46. The minimum atomic E-state index is -0.0362. The van der Waals surface area contributed by atoms with Gasteiger partial charge in [-0.05, 0) is 43.2 Å². The molecule has 2 aliphatic heterocycles. The second-order valence-corrected chi connectivity index (χ2v) is 7.33. The van der Waals surface area contributed by atoms with E-state index in [1.54, 1.807) is 4.90 Å². The number of hydrogen-bond acceptors (Lipinski definition) is 2. The molecule has 1 saturated carbocycles. The first-order valence-electron chi connectivity index (χ1n) is 9.40. The minimum absolute atomic E-state index is 0.00919. The molecule has 3 fully saturated rings. The van der Waals surface area contributed by atoms with Crippen LogP contribution in [0.4, 0.5) is 15.3 Å². The van der Waals surface area contributed by atoms with E-state index in [2.05, 4.69) is 10.6 Å². The van der Waals surface area contributed by atoms with E-state index in [1.165, 1.54) is 19.3 Å². The van der Waals surface area contributed by atoms with Crippen LogP contribution in [0, 0.1) is 5.92 Å². The highest BCUT2D eigenvalue weighted by atomic mass is 16.2. The fourth-order valence-corrected chi connectivity index (χ4v) is 4.54. The van der Waals surface area contributed by atoms with Crippen LogP contribution in [0.25, 0.3) is 0 Å². The van der Waals surface area contributed by atoms with Crippen LogP contribution in [-0.4, -0.2) is 47.5 Å². The number of urea groups is 2. The number of anilines is 1. The molecule has 4 amide bonds. The van der Waals surface area contributed by atoms with Crippen molar-refractivity contribution >= 4 is 17.7 Å². The molecular weight excluding hydrogens is 316 g/mol. The van der Waals surface area contributed by atoms with E-state index < -0.39 is 0 Å². The lowest BCUT2D eigenvalue weighted by atomic mass is 9.92. The number of likely N-dealkylation sites (tertiary alicyclic amines) is 1. The molecule has 0 unspecified atom stereocenters. The van der Waals surface area contributed by atoms with Crippen LogP contribution in [0.1, 0.15) is 37.7 Å². The first kappa shape index (κ1) is 16.2. The second-order valence-electron chi connectivity index (χ2n) is 7.33. The fourth-order valence-electron chi connectivity index (χ4n) is 4.54. The Labute approximate surface area is 148 Å². The summed E-state index contributed by atoms with van der Waals surface area (Å²) in [6.07, 6.45) is 5.99. The highest BCUT2D eigenvalue weighted by Crippen LogP contribution is 2.37. The third kappa shape index (κ3) is 3.30. The third-order valence-corrected chi connectivity index (χ3v) is 5.82. The van der Waals surface area contributed by atoms with Crippen molar-refractivity contribution in [2.75, 3.05) is 25.0 Å². The van der Waals surface area contributed by atoms with E-state index in [-0.39, 0.29) is 12.1 Å². The average molecular weight is 342 g/mol. The number of amides is 4. The Hall–Kier alpha value is -2.24. The highest BCUT2D eigenvalue weighted by molar-refractivity contribution is 5.90. The normalized spacial score (nSPS) is 25.7. The maximum Gasteiger partial charge on any atom is 0.322 e. The maximum absolute atomic E-state index is 12.9. The molecule has 6 heteroatoms. The molecule has 4 rings (SSSR count). The molecule has 2 saturated heterocycles. The first-order valence-corrected chi connectivity index (χ1v) is 9.40. The van der Waals surface area contributed by atoms with E-state index in [0.29, 0.717) is 31.6 Å². The second kappa shape index (κ2) is 6.94. The third-order valence-electron chi connectivity index (χ3n) is 5.82. The number of piperidine rings is 1. The number of fused-ring (bicyclic) bond motifs is 1. The zero-order valence-electron chi connectivity index (χ0n) is 14.5. The van der Waals surface area contributed by atoms with Crippen LogP contribution in [0.15, 0.2) is 24.3 Å². The first-order chi connectivity index (χ1) is 12.2. The predicted molar refractivity (Wildman–Crippen MR) is 96.3 cm³/mol. The largest absolute Gasteiger partial charge is 0.336 e. The van der Waals surface area contributed by atoms with Gasteiger partial charge in [0.2, 0.25) is 0 Å². The zero-order chi connectivity index (χ0) is 17.2. The molecule has 0 radical (unpaired) electrons. The van der Waals surface area contributed by atoms with Crippen molar-refractivity contribution in [3.05, 3.63) is 29.8 Å². The lowest BCUT2D eigenvalue weighted by molar-refractivity contribution is 0.138. The molecule has 2 heterocycles. The van der Waals surface area contributed by atoms with Gasteiger partial charge in [0.1, 0.15) is 0 Å². The lowest BCUT2D eigenvalue weighted by Gasteiger charge is -2.37. The molecule has 0 bridgehead atoms. The summed E-state index contributed by atoms with van der Waals surface area (Å²) in [7, 11) is 0. The Morgan fingerprint density at radius 3 is 2.84 bits per heavy atom. The van der Waals surface area contributed by atoms with Crippen LogP contribution < -0.4 is 10.6 Å². The van der Waals surface area contributed by atoms with Gasteiger partial charge in [0.25, 0.3) is 0 Å². The number of para-hydroxylation sites is 1. The van der Waals surface area contributed by atoms with Gasteiger partial charge in [-0.15, -0.1) is 0 Å². The predicted octanol–water partition coefficient (Wildman–Crippen LogP) is 3.01. The van der Waals surface area contributed by atoms with Gasteiger partial charge in [0, 0.05) is 37.9 Å². The summed E-state index contributed by atoms with van der Waals surface area (Å²) in [6, 6.07) is 8.17. The van der Waals surface area contributed by atoms with Crippen molar-refractivity contribution in [2.45, 2.75) is 44.7 Å². The smallest absolute Gasteiger partial charge is 0.322 e. The monoisotopic (exact) mass is 342 g/mol. The summed E-state index contributed by atoms with van der Waals surface area (Å²) in [5.41, 5.74) is 1.79. The van der Waals surface area contributed by atoms with Crippen LogP contribution in [-0.2, 0) is 6.54 Å². The van der Waals surface area contributed by atoms with Crippen molar-refractivity contribution < 1.29 is 9.59 Å².